The van der Waals surface area contributed by atoms with Crippen molar-refractivity contribution >= 4 is 9.05 Å². The molecule has 0 fully saturated rings. The predicted molar refractivity (Wildman–Crippen MR) is 47.6 cm³/mol. The van der Waals surface area contributed by atoms with E-state index >= 15 is 0 Å². The van der Waals surface area contributed by atoms with Gasteiger partial charge in [0.1, 0.15) is 0 Å². The molecule has 0 aromatic rings. The fourth-order valence-electron chi connectivity index (χ4n) is 0.112. The van der Waals surface area contributed by atoms with Crippen LogP contribution in [-0.2, 0) is 4.43 Å². The second-order valence-electron chi connectivity index (χ2n) is 3.54. The maximum absolute atomic E-state index is 7.97. The van der Waals surface area contributed by atoms with E-state index in [9.17, 15) is 0 Å². The lowest BCUT2D eigenvalue weighted by Crippen LogP contribution is -2.36. The SMILES string of the molecule is C=CO[Si](O)(O)O.C[N+](C)(C)C. The van der Waals surface area contributed by atoms with E-state index in [4.69, 9.17) is 14.4 Å². The Bertz CT molecular complexity index is 120. The summed E-state index contributed by atoms with van der Waals surface area (Å²) in [6.07, 6.45) is 0.770. The average Bonchev–Trinajstić information content (AvgIpc) is 1.54. The summed E-state index contributed by atoms with van der Waals surface area (Å²) >= 11 is 0. The minimum atomic E-state index is -4.28. The third-order valence-electron chi connectivity index (χ3n) is 0.241. The van der Waals surface area contributed by atoms with Crippen molar-refractivity contribution in [3.63, 3.8) is 0 Å². The van der Waals surface area contributed by atoms with Gasteiger partial charge in [-0.05, 0) is 0 Å². The molecule has 0 aliphatic heterocycles. The van der Waals surface area contributed by atoms with Gasteiger partial charge in [-0.2, -0.15) is 0 Å². The van der Waals surface area contributed by atoms with Gasteiger partial charge in [0.15, 0.2) is 0 Å². The van der Waals surface area contributed by atoms with Gasteiger partial charge in [0.2, 0.25) is 0 Å². The van der Waals surface area contributed by atoms with Gasteiger partial charge < -0.3 is 23.3 Å². The molecule has 5 nitrogen and oxygen atoms in total. The van der Waals surface area contributed by atoms with Gasteiger partial charge in [-0.15, -0.1) is 0 Å². The van der Waals surface area contributed by atoms with Crippen LogP contribution in [0.1, 0.15) is 0 Å². The van der Waals surface area contributed by atoms with E-state index in [1.165, 1.54) is 0 Å². The molecule has 3 N–H and O–H groups in total. The van der Waals surface area contributed by atoms with Crippen molar-refractivity contribution in [1.29, 1.82) is 0 Å². The van der Waals surface area contributed by atoms with Crippen LogP contribution in [0.5, 0.6) is 0 Å². The van der Waals surface area contributed by atoms with E-state index in [1.54, 1.807) is 0 Å². The Kier molecular flexibility index (Phi) is 6.22. The first-order valence-corrected chi connectivity index (χ1v) is 5.06. The van der Waals surface area contributed by atoms with Crippen LogP contribution in [0.25, 0.3) is 0 Å². The Morgan fingerprint density at radius 3 is 1.42 bits per heavy atom. The molecule has 0 spiro atoms. The normalized spacial score (nSPS) is 11.2. The Hall–Kier alpha value is -0.403. The third kappa shape index (κ3) is 54.8. The first-order valence-electron chi connectivity index (χ1n) is 3.31. The van der Waals surface area contributed by atoms with Crippen molar-refractivity contribution in [2.75, 3.05) is 28.2 Å². The molecule has 74 valence electrons. The zero-order valence-corrected chi connectivity index (χ0v) is 8.98. The van der Waals surface area contributed by atoms with E-state index in [-0.39, 0.29) is 0 Å². The third-order valence-corrected chi connectivity index (χ3v) is 0.724. The molecule has 0 aromatic carbocycles. The average molecular weight is 196 g/mol. The topological polar surface area (TPSA) is 69.9 Å². The van der Waals surface area contributed by atoms with Crippen molar-refractivity contribution in [2.45, 2.75) is 0 Å². The number of quaternary nitrogens is 1. The zero-order chi connectivity index (χ0) is 10.4. The van der Waals surface area contributed by atoms with Crippen LogP contribution < -0.4 is 0 Å². The quantitative estimate of drug-likeness (QED) is 0.297. The van der Waals surface area contributed by atoms with Crippen LogP contribution in [0.15, 0.2) is 12.8 Å². The molecule has 0 aromatic heterocycles. The second-order valence-corrected chi connectivity index (χ2v) is 4.93. The van der Waals surface area contributed by atoms with Crippen molar-refractivity contribution in [1.82, 2.24) is 0 Å². The van der Waals surface area contributed by atoms with Crippen LogP contribution >= 0.6 is 0 Å². The van der Waals surface area contributed by atoms with E-state index in [0.29, 0.717) is 0 Å². The standard InChI is InChI=1S/C4H12N.C2H6O4Si/c1-5(2,3)4;1-2-6-7(3,4)5/h1-4H3;2-5H,1H2/q+1;. The highest BCUT2D eigenvalue weighted by atomic mass is 28.4. The maximum atomic E-state index is 7.97. The summed E-state index contributed by atoms with van der Waals surface area (Å²) in [6, 6.07) is 0. The summed E-state index contributed by atoms with van der Waals surface area (Å²) in [4.78, 5) is 23.9. The van der Waals surface area contributed by atoms with Gasteiger partial charge in [-0.1, -0.05) is 6.58 Å². The lowest BCUT2D eigenvalue weighted by molar-refractivity contribution is -0.849. The molecule has 0 radical (unpaired) electrons. The smallest absolute Gasteiger partial charge is 0.488 e. The largest absolute Gasteiger partial charge is 0.740 e. The molecular weight excluding hydrogens is 178 g/mol. The fourth-order valence-corrected chi connectivity index (χ4v) is 0.335. The summed E-state index contributed by atoms with van der Waals surface area (Å²) in [5.41, 5.74) is 0. The van der Waals surface area contributed by atoms with E-state index in [1.807, 2.05) is 0 Å². The Labute approximate surface area is 74.2 Å². The molecule has 0 saturated carbocycles. The molecule has 0 atom stereocenters. The van der Waals surface area contributed by atoms with Gasteiger partial charge in [0, 0.05) is 0 Å². The zero-order valence-electron chi connectivity index (χ0n) is 7.98. The van der Waals surface area contributed by atoms with E-state index < -0.39 is 9.05 Å². The van der Waals surface area contributed by atoms with E-state index in [2.05, 4.69) is 39.2 Å². The van der Waals surface area contributed by atoms with Gasteiger partial charge >= 0.3 is 9.05 Å². The molecule has 0 unspecified atom stereocenters. The summed E-state index contributed by atoms with van der Waals surface area (Å²) in [6.45, 7) is 2.98. The summed E-state index contributed by atoms with van der Waals surface area (Å²) in [5, 5.41) is 0. The fraction of sp³-hybridized carbons (Fsp3) is 0.667. The number of hydrogen-bond acceptors (Lipinski definition) is 4. The lowest BCUT2D eigenvalue weighted by Gasteiger charge is -2.14. The Balaban J connectivity index is 0. The van der Waals surface area contributed by atoms with Crippen LogP contribution in [0, 0.1) is 0 Å². The van der Waals surface area contributed by atoms with Gasteiger partial charge in [-0.3, -0.25) is 0 Å². The summed E-state index contributed by atoms with van der Waals surface area (Å²) < 4.78 is 4.80. The van der Waals surface area contributed by atoms with Crippen molar-refractivity contribution < 1.29 is 23.3 Å². The molecule has 6 heteroatoms. The minimum absolute atomic E-state index is 0.770. The highest BCUT2D eigenvalue weighted by Gasteiger charge is 2.31. The highest BCUT2D eigenvalue weighted by Crippen LogP contribution is 1.85. The van der Waals surface area contributed by atoms with Crippen LogP contribution in [0.3, 0.4) is 0 Å². The number of hydrogen-bond donors (Lipinski definition) is 3. The summed E-state index contributed by atoms with van der Waals surface area (Å²) in [5.74, 6) is 0. The molecule has 0 amide bonds. The first kappa shape index (κ1) is 14.1. The monoisotopic (exact) mass is 196 g/mol. The first-order chi connectivity index (χ1) is 5.06. The molecule has 0 aliphatic carbocycles. The molecule has 0 saturated heterocycles. The van der Waals surface area contributed by atoms with Gasteiger partial charge in [-0.25, -0.2) is 0 Å². The molecule has 0 heterocycles. The second kappa shape index (κ2) is 5.28. The van der Waals surface area contributed by atoms with Crippen LogP contribution in [0.2, 0.25) is 0 Å². The van der Waals surface area contributed by atoms with Gasteiger partial charge in [0.05, 0.1) is 34.5 Å². The Morgan fingerprint density at radius 2 is 1.42 bits per heavy atom. The Morgan fingerprint density at radius 1 is 1.17 bits per heavy atom. The molecule has 12 heavy (non-hydrogen) atoms. The van der Waals surface area contributed by atoms with Crippen LogP contribution in [-0.4, -0.2) is 56.1 Å². The van der Waals surface area contributed by atoms with E-state index in [0.717, 1.165) is 10.7 Å². The number of nitrogens with zero attached hydrogens (tertiary/aromatic N) is 1. The molecular formula is C6H18NO4Si+. The predicted octanol–water partition coefficient (Wildman–Crippen LogP) is -1.12. The minimum Gasteiger partial charge on any atom is -0.488 e. The summed E-state index contributed by atoms with van der Waals surface area (Å²) in [7, 11) is 4.22. The molecule has 0 rings (SSSR count). The van der Waals surface area contributed by atoms with Crippen molar-refractivity contribution in [3.8, 4) is 0 Å². The van der Waals surface area contributed by atoms with Crippen molar-refractivity contribution in [2.24, 2.45) is 0 Å². The lowest BCUT2D eigenvalue weighted by atomic mass is 10.8. The molecule has 0 aliphatic rings. The van der Waals surface area contributed by atoms with Crippen LogP contribution in [0.4, 0.5) is 0 Å². The number of rotatable bonds is 2. The molecule has 0 bridgehead atoms. The highest BCUT2D eigenvalue weighted by molar-refractivity contribution is 6.48. The maximum Gasteiger partial charge on any atom is 0.740 e. The van der Waals surface area contributed by atoms with Crippen molar-refractivity contribution in [3.05, 3.63) is 12.8 Å². The van der Waals surface area contributed by atoms with Gasteiger partial charge in [0.25, 0.3) is 0 Å².